The predicted molar refractivity (Wildman–Crippen MR) is 100 cm³/mol. The molecule has 0 spiro atoms. The molecule has 0 saturated heterocycles. The van der Waals surface area contributed by atoms with Gasteiger partial charge in [0.25, 0.3) is 0 Å². The standard InChI is InChI=1S/C17H15BrN4O3S/c1-23-14-5-3-2-4-13(14)22-17(19-20-21-22)26-10-11-8-15-16(9-12(11)18)25-7-6-24-15/h2-5,8-9H,6-7,10H2,1H3. The van der Waals surface area contributed by atoms with Gasteiger partial charge in [0, 0.05) is 10.2 Å². The lowest BCUT2D eigenvalue weighted by molar-refractivity contribution is 0.171. The Bertz CT molecular complexity index is 934. The second kappa shape index (κ2) is 7.55. The maximum atomic E-state index is 5.66. The van der Waals surface area contributed by atoms with Crippen LogP contribution in [0.2, 0.25) is 0 Å². The molecule has 0 amide bonds. The first-order valence-electron chi connectivity index (χ1n) is 7.89. The summed E-state index contributed by atoms with van der Waals surface area (Å²) in [6.45, 7) is 1.13. The average molecular weight is 435 g/mol. The van der Waals surface area contributed by atoms with Crippen LogP contribution in [0.4, 0.5) is 0 Å². The lowest BCUT2D eigenvalue weighted by atomic mass is 10.2. The van der Waals surface area contributed by atoms with Crippen LogP contribution in [0.15, 0.2) is 46.0 Å². The first kappa shape index (κ1) is 17.2. The molecule has 0 N–H and O–H groups in total. The van der Waals surface area contributed by atoms with Crippen LogP contribution in [-0.2, 0) is 5.75 Å². The smallest absolute Gasteiger partial charge is 0.214 e. The van der Waals surface area contributed by atoms with Crippen molar-refractivity contribution in [3.8, 4) is 22.9 Å². The number of nitrogens with zero attached hydrogens (tertiary/aromatic N) is 4. The topological polar surface area (TPSA) is 71.3 Å². The van der Waals surface area contributed by atoms with Crippen LogP contribution in [0, 0.1) is 0 Å². The summed E-state index contributed by atoms with van der Waals surface area (Å²) in [5.41, 5.74) is 1.87. The molecule has 0 bridgehead atoms. The maximum absolute atomic E-state index is 5.66. The van der Waals surface area contributed by atoms with Crippen LogP contribution in [0.1, 0.15) is 5.56 Å². The number of thioether (sulfide) groups is 1. The van der Waals surface area contributed by atoms with E-state index in [4.69, 9.17) is 14.2 Å². The fraction of sp³-hybridized carbons (Fsp3) is 0.235. The van der Waals surface area contributed by atoms with Gasteiger partial charge in [0.05, 0.1) is 7.11 Å². The number of hydrogen-bond donors (Lipinski definition) is 0. The fourth-order valence-electron chi connectivity index (χ4n) is 2.58. The Labute approximate surface area is 162 Å². The molecule has 1 aromatic heterocycles. The van der Waals surface area contributed by atoms with Gasteiger partial charge in [-0.15, -0.1) is 5.10 Å². The van der Waals surface area contributed by atoms with Crippen LogP contribution < -0.4 is 14.2 Å². The highest BCUT2D eigenvalue weighted by molar-refractivity contribution is 9.10. The number of fused-ring (bicyclic) bond motifs is 1. The highest BCUT2D eigenvalue weighted by Crippen LogP contribution is 2.38. The average Bonchev–Trinajstić information content (AvgIpc) is 3.14. The van der Waals surface area contributed by atoms with E-state index in [-0.39, 0.29) is 0 Å². The van der Waals surface area contributed by atoms with Crippen LogP contribution in [0.5, 0.6) is 17.2 Å². The summed E-state index contributed by atoms with van der Waals surface area (Å²) in [5, 5.41) is 12.7. The van der Waals surface area contributed by atoms with E-state index in [1.54, 1.807) is 11.8 Å². The Balaban J connectivity index is 1.58. The maximum Gasteiger partial charge on any atom is 0.214 e. The Kier molecular flexibility index (Phi) is 4.98. The van der Waals surface area contributed by atoms with Gasteiger partial charge in [-0.1, -0.05) is 39.8 Å². The van der Waals surface area contributed by atoms with Crippen molar-refractivity contribution < 1.29 is 14.2 Å². The predicted octanol–water partition coefficient (Wildman–Crippen LogP) is 3.50. The third kappa shape index (κ3) is 3.36. The molecule has 0 atom stereocenters. The van der Waals surface area contributed by atoms with E-state index >= 15 is 0 Å². The number of para-hydroxylation sites is 2. The van der Waals surface area contributed by atoms with Crippen molar-refractivity contribution in [2.24, 2.45) is 0 Å². The molecule has 4 rings (SSSR count). The molecule has 3 aromatic rings. The Morgan fingerprint density at radius 3 is 2.77 bits per heavy atom. The van der Waals surface area contributed by atoms with Crippen molar-refractivity contribution in [3.63, 3.8) is 0 Å². The van der Waals surface area contributed by atoms with Crippen molar-refractivity contribution in [2.45, 2.75) is 10.9 Å². The zero-order chi connectivity index (χ0) is 17.9. The van der Waals surface area contributed by atoms with Crippen molar-refractivity contribution in [1.82, 2.24) is 20.2 Å². The first-order valence-corrected chi connectivity index (χ1v) is 9.66. The molecule has 9 heteroatoms. The van der Waals surface area contributed by atoms with E-state index in [1.165, 1.54) is 11.8 Å². The summed E-state index contributed by atoms with van der Waals surface area (Å²) in [6, 6.07) is 11.6. The number of ether oxygens (including phenoxy) is 3. The number of benzene rings is 2. The van der Waals surface area contributed by atoms with Crippen molar-refractivity contribution in [3.05, 3.63) is 46.4 Å². The van der Waals surface area contributed by atoms with Gasteiger partial charge < -0.3 is 14.2 Å². The second-order valence-corrected chi connectivity index (χ2v) is 7.22. The quantitative estimate of drug-likeness (QED) is 0.568. The zero-order valence-electron chi connectivity index (χ0n) is 13.9. The molecular formula is C17H15BrN4O3S. The molecule has 0 fully saturated rings. The third-order valence-corrected chi connectivity index (χ3v) is 5.53. The molecule has 2 heterocycles. The Hall–Kier alpha value is -2.26. The minimum atomic E-state index is 0.563. The number of rotatable bonds is 5. The van der Waals surface area contributed by atoms with Gasteiger partial charge in [-0.2, -0.15) is 4.68 Å². The fourth-order valence-corrected chi connectivity index (χ4v) is 4.11. The van der Waals surface area contributed by atoms with E-state index in [0.717, 1.165) is 27.2 Å². The van der Waals surface area contributed by atoms with Gasteiger partial charge in [0.2, 0.25) is 5.16 Å². The van der Waals surface area contributed by atoms with Gasteiger partial charge in [-0.05, 0) is 40.3 Å². The van der Waals surface area contributed by atoms with E-state index in [0.29, 0.717) is 29.9 Å². The highest BCUT2D eigenvalue weighted by Gasteiger charge is 2.17. The number of hydrogen-bond acceptors (Lipinski definition) is 7. The van der Waals surface area contributed by atoms with Gasteiger partial charge in [0.15, 0.2) is 11.5 Å². The van der Waals surface area contributed by atoms with Gasteiger partial charge >= 0.3 is 0 Å². The minimum Gasteiger partial charge on any atom is -0.494 e. The minimum absolute atomic E-state index is 0.563. The summed E-state index contributed by atoms with van der Waals surface area (Å²) in [6.07, 6.45) is 0. The van der Waals surface area contributed by atoms with Crippen LogP contribution in [-0.4, -0.2) is 40.5 Å². The van der Waals surface area contributed by atoms with Crippen molar-refractivity contribution in [1.29, 1.82) is 0 Å². The summed E-state index contributed by atoms with van der Waals surface area (Å²) in [4.78, 5) is 0. The number of aromatic nitrogens is 4. The lowest BCUT2D eigenvalue weighted by Crippen LogP contribution is -2.15. The largest absolute Gasteiger partial charge is 0.494 e. The molecule has 26 heavy (non-hydrogen) atoms. The molecule has 7 nitrogen and oxygen atoms in total. The van der Waals surface area contributed by atoms with Gasteiger partial charge in [0.1, 0.15) is 24.7 Å². The Morgan fingerprint density at radius 1 is 1.19 bits per heavy atom. The van der Waals surface area contributed by atoms with Gasteiger partial charge in [-0.3, -0.25) is 0 Å². The molecule has 1 aliphatic heterocycles. The summed E-state index contributed by atoms with van der Waals surface area (Å²) < 4.78 is 19.3. The summed E-state index contributed by atoms with van der Waals surface area (Å²) in [7, 11) is 1.63. The molecular weight excluding hydrogens is 420 g/mol. The second-order valence-electron chi connectivity index (χ2n) is 5.42. The molecule has 134 valence electrons. The van der Waals surface area contributed by atoms with Crippen LogP contribution in [0.3, 0.4) is 0 Å². The molecule has 0 aliphatic carbocycles. The number of halogens is 1. The Morgan fingerprint density at radius 2 is 1.96 bits per heavy atom. The SMILES string of the molecule is COc1ccccc1-n1nnnc1SCc1cc2c(cc1Br)OCCO2. The molecule has 1 aliphatic rings. The third-order valence-electron chi connectivity index (χ3n) is 3.82. The molecule has 0 saturated carbocycles. The van der Waals surface area contributed by atoms with Crippen LogP contribution >= 0.6 is 27.7 Å². The lowest BCUT2D eigenvalue weighted by Gasteiger charge is -2.19. The molecule has 2 aromatic carbocycles. The molecule has 0 radical (unpaired) electrons. The normalized spacial score (nSPS) is 12.8. The number of methoxy groups -OCH3 is 1. The van der Waals surface area contributed by atoms with Crippen LogP contribution in [0.25, 0.3) is 5.69 Å². The highest BCUT2D eigenvalue weighted by atomic mass is 79.9. The first-order chi connectivity index (χ1) is 12.8. The van der Waals surface area contributed by atoms with Crippen molar-refractivity contribution in [2.75, 3.05) is 20.3 Å². The van der Waals surface area contributed by atoms with Crippen molar-refractivity contribution >= 4 is 27.7 Å². The summed E-state index contributed by atoms with van der Waals surface area (Å²) in [5.74, 6) is 2.91. The van der Waals surface area contributed by atoms with E-state index in [9.17, 15) is 0 Å². The summed E-state index contributed by atoms with van der Waals surface area (Å²) >= 11 is 5.13. The molecule has 0 unspecified atom stereocenters. The van der Waals surface area contributed by atoms with Gasteiger partial charge in [-0.25, -0.2) is 0 Å². The monoisotopic (exact) mass is 434 g/mol. The van der Waals surface area contributed by atoms with E-state index in [1.807, 2.05) is 36.4 Å². The van der Waals surface area contributed by atoms with E-state index < -0.39 is 0 Å². The number of tetrazole rings is 1. The van der Waals surface area contributed by atoms with E-state index in [2.05, 4.69) is 31.5 Å². The zero-order valence-corrected chi connectivity index (χ0v) is 16.3.